The van der Waals surface area contributed by atoms with Gasteiger partial charge in [0.25, 0.3) is 0 Å². The molecule has 0 amide bonds. The van der Waals surface area contributed by atoms with Gasteiger partial charge in [-0.1, -0.05) is 146 Å². The fourth-order valence-corrected chi connectivity index (χ4v) is 8.25. The Morgan fingerprint density at radius 1 is 0.365 bits per heavy atom. The van der Waals surface area contributed by atoms with Gasteiger partial charge >= 0.3 is 0 Å². The van der Waals surface area contributed by atoms with E-state index in [-0.39, 0.29) is 22.3 Å². The lowest BCUT2D eigenvalue weighted by molar-refractivity contribution is 0.931. The van der Waals surface area contributed by atoms with Crippen molar-refractivity contribution < 1.29 is 11.0 Å². The molecule has 63 heavy (non-hydrogen) atoms. The van der Waals surface area contributed by atoms with Gasteiger partial charge in [0.2, 0.25) is 0 Å². The number of hydrogen-bond acceptors (Lipinski definition) is 4. The fourth-order valence-electron chi connectivity index (χ4n) is 8.25. The average Bonchev–Trinajstić information content (AvgIpc) is 3.92. The van der Waals surface area contributed by atoms with Crippen LogP contribution in [0.4, 0.5) is 0 Å². The van der Waals surface area contributed by atoms with Crippen LogP contribution in [0.5, 0.6) is 0 Å². The summed E-state index contributed by atoms with van der Waals surface area (Å²) >= 11 is 0. The lowest BCUT2D eigenvalue weighted by atomic mass is 9.89. The van der Waals surface area contributed by atoms with Crippen molar-refractivity contribution >= 4 is 27.5 Å². The molecule has 0 spiro atoms. The first-order valence-electron chi connectivity index (χ1n) is 24.8. The van der Waals surface area contributed by atoms with E-state index >= 15 is 0 Å². The maximum atomic E-state index is 9.66. The Balaban J connectivity index is 1.06. The largest absolute Gasteiger partial charge is 0.297 e. The molecule has 6 aromatic carbocycles. The standard InChI is InChI=1S/C58H43N5/c1-2-10-44(11-3-1)51-30-33-61-56-52-29-28-47(39-53(52)58-62-34-35-63(58)57(51)56)49-12-4-5-13-50(49)48-37-42(18-16-40-20-24-45(25-21-40)54-14-6-8-31-59-54)36-43(38-48)19-17-41-22-26-46(27-23-41)55-15-7-9-32-60-55/h1-15,20-39H,16-19H2/i16D2,17D2,18D2,19D2. The first kappa shape index (κ1) is 30.1. The minimum atomic E-state index is -2.77. The minimum Gasteiger partial charge on any atom is -0.297 e. The molecular formula is C58H43N5. The van der Waals surface area contributed by atoms with Crippen LogP contribution in [-0.2, 0) is 25.5 Å². The number of fused-ring (bicyclic) bond motifs is 6. The molecule has 0 aliphatic carbocycles. The minimum absolute atomic E-state index is 0.0697. The zero-order chi connectivity index (χ0) is 49.1. The molecule has 11 aromatic rings. The summed E-state index contributed by atoms with van der Waals surface area (Å²) in [6.07, 6.45) is -1.98. The molecule has 0 bridgehead atoms. The maximum absolute atomic E-state index is 9.66. The predicted molar refractivity (Wildman–Crippen MR) is 258 cm³/mol. The third-order valence-electron chi connectivity index (χ3n) is 11.3. The summed E-state index contributed by atoms with van der Waals surface area (Å²) < 4.78 is 78.5. The van der Waals surface area contributed by atoms with E-state index in [0.717, 1.165) is 60.8 Å². The number of hydrogen-bond donors (Lipinski definition) is 0. The summed E-state index contributed by atoms with van der Waals surface area (Å²) in [5, 5.41) is 1.74. The van der Waals surface area contributed by atoms with E-state index < -0.39 is 25.5 Å². The normalized spacial score (nSPS) is 14.2. The smallest absolute Gasteiger partial charge is 0.145 e. The van der Waals surface area contributed by atoms with Crippen molar-refractivity contribution in [3.63, 3.8) is 0 Å². The SMILES string of the molecule is [2H]C([2H])(c1ccc(-c2ccccn2)cc1)C([2H])([2H])c1cc(-c2ccccc2-c2ccc3c(c2)c2nccn2c2c(-c4ccccc4)ccnc32)cc(C([2H])([2H])C([2H])([2H])c2ccc(-c3ccccn3)cc2)c1. The Kier molecular flexibility index (Phi) is 8.02. The molecule has 0 N–H and O–H groups in total. The Labute approximate surface area is 378 Å². The third-order valence-corrected chi connectivity index (χ3v) is 11.3. The Bertz CT molecular complexity index is 3630. The topological polar surface area (TPSA) is 56.0 Å². The van der Waals surface area contributed by atoms with Crippen molar-refractivity contribution in [3.05, 3.63) is 235 Å². The van der Waals surface area contributed by atoms with Gasteiger partial charge in [-0.2, -0.15) is 0 Å². The Hall–Kier alpha value is -8.02. The molecular weight excluding hydrogens is 767 g/mol. The number of nitrogens with zero attached hydrogens (tertiary/aromatic N) is 5. The van der Waals surface area contributed by atoms with Gasteiger partial charge in [-0.05, 0) is 112 Å². The number of aryl methyl sites for hydroxylation is 4. The van der Waals surface area contributed by atoms with E-state index in [1.54, 1.807) is 91.4 Å². The van der Waals surface area contributed by atoms with Crippen LogP contribution < -0.4 is 0 Å². The zero-order valence-corrected chi connectivity index (χ0v) is 33.9. The van der Waals surface area contributed by atoms with Crippen LogP contribution in [-0.4, -0.2) is 24.3 Å². The zero-order valence-electron chi connectivity index (χ0n) is 41.9. The van der Waals surface area contributed by atoms with E-state index in [1.807, 2.05) is 97.3 Å². The molecule has 0 aliphatic heterocycles. The molecule has 11 rings (SSSR count). The lowest BCUT2D eigenvalue weighted by Gasteiger charge is -2.16. The third kappa shape index (κ3) is 7.66. The molecule has 0 saturated carbocycles. The number of aromatic nitrogens is 5. The van der Waals surface area contributed by atoms with Gasteiger partial charge in [-0.3, -0.25) is 19.4 Å². The van der Waals surface area contributed by atoms with Gasteiger partial charge in [0.05, 0.1) is 22.4 Å². The molecule has 0 unspecified atom stereocenters. The molecule has 0 radical (unpaired) electrons. The second-order valence-electron chi connectivity index (χ2n) is 15.2. The molecule has 0 saturated heterocycles. The van der Waals surface area contributed by atoms with Crippen LogP contribution in [0, 0.1) is 0 Å². The van der Waals surface area contributed by atoms with E-state index in [2.05, 4.69) is 32.6 Å². The highest BCUT2D eigenvalue weighted by Crippen LogP contribution is 2.39. The van der Waals surface area contributed by atoms with Crippen LogP contribution in [0.1, 0.15) is 33.2 Å². The van der Waals surface area contributed by atoms with Crippen molar-refractivity contribution in [1.82, 2.24) is 24.3 Å². The highest BCUT2D eigenvalue weighted by Gasteiger charge is 2.17. The molecule has 0 aliphatic rings. The van der Waals surface area contributed by atoms with Crippen molar-refractivity contribution in [1.29, 1.82) is 0 Å². The predicted octanol–water partition coefficient (Wildman–Crippen LogP) is 13.7. The number of rotatable bonds is 11. The van der Waals surface area contributed by atoms with Crippen molar-refractivity contribution in [2.75, 3.05) is 0 Å². The average molecular weight is 818 g/mol. The van der Waals surface area contributed by atoms with Crippen molar-refractivity contribution in [3.8, 4) is 55.9 Å². The maximum Gasteiger partial charge on any atom is 0.145 e. The quantitative estimate of drug-likeness (QED) is 0.122. The Morgan fingerprint density at radius 3 is 1.56 bits per heavy atom. The Morgan fingerprint density at radius 2 is 0.937 bits per heavy atom. The van der Waals surface area contributed by atoms with Gasteiger partial charge in [0, 0.05) is 69.4 Å². The summed E-state index contributed by atoms with van der Waals surface area (Å²) in [4.78, 5) is 18.5. The van der Waals surface area contributed by atoms with Crippen LogP contribution >= 0.6 is 0 Å². The van der Waals surface area contributed by atoms with E-state index in [0.29, 0.717) is 22.5 Å². The monoisotopic (exact) mass is 817 g/mol. The van der Waals surface area contributed by atoms with E-state index in [1.165, 1.54) is 6.07 Å². The van der Waals surface area contributed by atoms with Crippen LogP contribution in [0.2, 0.25) is 0 Å². The van der Waals surface area contributed by atoms with E-state index in [4.69, 9.17) is 9.97 Å². The molecule has 300 valence electrons. The summed E-state index contributed by atoms with van der Waals surface area (Å²) in [6, 6.07) is 54.2. The summed E-state index contributed by atoms with van der Waals surface area (Å²) in [7, 11) is 0. The van der Waals surface area contributed by atoms with Gasteiger partial charge in [0.1, 0.15) is 5.65 Å². The summed E-state index contributed by atoms with van der Waals surface area (Å²) in [5.74, 6) is 0. The highest BCUT2D eigenvalue weighted by molar-refractivity contribution is 6.14. The van der Waals surface area contributed by atoms with Gasteiger partial charge in [0.15, 0.2) is 0 Å². The highest BCUT2D eigenvalue weighted by atomic mass is 15.0. The van der Waals surface area contributed by atoms with Crippen molar-refractivity contribution in [2.24, 2.45) is 0 Å². The van der Waals surface area contributed by atoms with Crippen molar-refractivity contribution in [2.45, 2.75) is 25.5 Å². The van der Waals surface area contributed by atoms with Gasteiger partial charge in [-0.15, -0.1) is 0 Å². The molecule has 5 heterocycles. The number of pyridine rings is 4. The van der Waals surface area contributed by atoms with Crippen LogP contribution in [0.25, 0.3) is 83.3 Å². The fraction of sp³-hybridized carbons (Fsp3) is 0.0690. The second-order valence-corrected chi connectivity index (χ2v) is 15.2. The summed E-state index contributed by atoms with van der Waals surface area (Å²) in [6.45, 7) is 0. The molecule has 0 fully saturated rings. The first-order chi connectivity index (χ1) is 34.2. The van der Waals surface area contributed by atoms with Crippen LogP contribution in [0.3, 0.4) is 0 Å². The molecule has 5 heteroatoms. The first-order valence-corrected chi connectivity index (χ1v) is 20.8. The lowest BCUT2D eigenvalue weighted by Crippen LogP contribution is -1.98. The number of imidazole rings is 1. The van der Waals surface area contributed by atoms with Gasteiger partial charge in [-0.25, -0.2) is 4.98 Å². The second kappa shape index (κ2) is 16.8. The molecule has 5 aromatic heterocycles. The number of benzene rings is 6. The van der Waals surface area contributed by atoms with Gasteiger partial charge < -0.3 is 0 Å². The summed E-state index contributed by atoms with van der Waals surface area (Å²) in [5.41, 5.74) is 9.68. The van der Waals surface area contributed by atoms with E-state index in [9.17, 15) is 11.0 Å². The molecule has 0 atom stereocenters. The van der Waals surface area contributed by atoms with Crippen LogP contribution in [0.15, 0.2) is 213 Å². The molecule has 5 nitrogen and oxygen atoms in total.